The van der Waals surface area contributed by atoms with Crippen molar-refractivity contribution in [2.75, 3.05) is 0 Å². The third kappa shape index (κ3) is 2.40. The van der Waals surface area contributed by atoms with E-state index in [-0.39, 0.29) is 17.4 Å². The van der Waals surface area contributed by atoms with Gasteiger partial charge >= 0.3 is 6.03 Å². The second kappa shape index (κ2) is 4.56. The first-order chi connectivity index (χ1) is 8.82. The van der Waals surface area contributed by atoms with Crippen LogP contribution in [0.3, 0.4) is 0 Å². The minimum absolute atomic E-state index is 0.136. The van der Waals surface area contributed by atoms with Crippen LogP contribution in [0.4, 0.5) is 4.79 Å². The van der Waals surface area contributed by atoms with Crippen LogP contribution in [-0.4, -0.2) is 36.0 Å². The molecule has 0 aliphatic heterocycles. The molecule has 0 aromatic carbocycles. The van der Waals surface area contributed by atoms with Crippen molar-refractivity contribution in [3.8, 4) is 0 Å². The van der Waals surface area contributed by atoms with E-state index in [1.165, 1.54) is 17.1 Å². The molecular formula is C12H18N6O. The lowest BCUT2D eigenvalue weighted by Gasteiger charge is -2.19. The van der Waals surface area contributed by atoms with Crippen molar-refractivity contribution >= 4 is 6.03 Å². The van der Waals surface area contributed by atoms with Gasteiger partial charge in [0.2, 0.25) is 0 Å². The Morgan fingerprint density at radius 2 is 1.95 bits per heavy atom. The molecule has 0 unspecified atom stereocenters. The van der Waals surface area contributed by atoms with Crippen LogP contribution in [0, 0.1) is 0 Å². The Labute approximate surface area is 111 Å². The highest BCUT2D eigenvalue weighted by Crippen LogP contribution is 2.28. The number of nitrogens with zero attached hydrogens (tertiary/aromatic N) is 6. The van der Waals surface area contributed by atoms with Gasteiger partial charge in [0, 0.05) is 5.41 Å². The Bertz CT molecular complexity index is 576. The number of rotatable bonds is 1. The van der Waals surface area contributed by atoms with Crippen LogP contribution < -0.4 is 0 Å². The monoisotopic (exact) mass is 262 g/mol. The summed E-state index contributed by atoms with van der Waals surface area (Å²) in [6.07, 6.45) is 2.94. The van der Waals surface area contributed by atoms with Gasteiger partial charge in [0.25, 0.3) is 0 Å². The van der Waals surface area contributed by atoms with Gasteiger partial charge in [0.15, 0.2) is 0 Å². The third-order valence-corrected chi connectivity index (χ3v) is 2.76. The Kier molecular flexibility index (Phi) is 3.21. The summed E-state index contributed by atoms with van der Waals surface area (Å²) in [5, 5.41) is 15.5. The van der Waals surface area contributed by atoms with Crippen LogP contribution in [-0.2, 0) is 5.41 Å². The van der Waals surface area contributed by atoms with E-state index in [0.717, 1.165) is 16.1 Å². The summed E-state index contributed by atoms with van der Waals surface area (Å²) in [6.45, 7) is 10.2. The summed E-state index contributed by atoms with van der Waals surface area (Å²) in [5.74, 6) is 0.136. The summed E-state index contributed by atoms with van der Waals surface area (Å²) in [5.41, 5.74) is 1.48. The predicted octanol–water partition coefficient (Wildman–Crippen LogP) is 1.81. The van der Waals surface area contributed by atoms with E-state index >= 15 is 0 Å². The zero-order valence-corrected chi connectivity index (χ0v) is 11.8. The number of carbonyl (C=O) groups excluding carboxylic acids is 1. The molecule has 0 atom stereocenters. The number of hydrogen-bond donors (Lipinski definition) is 0. The van der Waals surface area contributed by atoms with Gasteiger partial charge in [-0.2, -0.15) is 9.36 Å². The fourth-order valence-electron chi connectivity index (χ4n) is 1.89. The number of hydrogen-bond acceptors (Lipinski definition) is 5. The first-order valence-electron chi connectivity index (χ1n) is 6.19. The fraction of sp³-hybridized carbons (Fsp3) is 0.583. The first kappa shape index (κ1) is 13.4. The maximum absolute atomic E-state index is 12.3. The van der Waals surface area contributed by atoms with Crippen LogP contribution in [0.1, 0.15) is 51.9 Å². The molecule has 7 nitrogen and oxygen atoms in total. The molecular weight excluding hydrogens is 244 g/mol. The molecule has 0 amide bonds. The molecule has 0 aliphatic rings. The summed E-state index contributed by atoms with van der Waals surface area (Å²) in [4.78, 5) is 12.3. The molecule has 0 spiro atoms. The van der Waals surface area contributed by atoms with E-state index in [2.05, 4.69) is 20.6 Å². The summed E-state index contributed by atoms with van der Waals surface area (Å²) >= 11 is 0. The van der Waals surface area contributed by atoms with Crippen LogP contribution in [0.2, 0.25) is 0 Å². The van der Waals surface area contributed by atoms with E-state index in [1.807, 2.05) is 34.6 Å². The Morgan fingerprint density at radius 3 is 2.42 bits per heavy atom. The van der Waals surface area contributed by atoms with Gasteiger partial charge in [0.05, 0.1) is 23.8 Å². The van der Waals surface area contributed by atoms with Gasteiger partial charge in [-0.15, -0.1) is 10.2 Å². The molecule has 102 valence electrons. The highest BCUT2D eigenvalue weighted by molar-refractivity contribution is 5.78. The van der Waals surface area contributed by atoms with Gasteiger partial charge in [-0.25, -0.2) is 4.79 Å². The molecule has 0 saturated carbocycles. The zero-order valence-electron chi connectivity index (χ0n) is 11.8. The highest BCUT2D eigenvalue weighted by atomic mass is 16.2. The molecule has 2 aromatic heterocycles. The highest BCUT2D eigenvalue weighted by Gasteiger charge is 2.28. The van der Waals surface area contributed by atoms with Crippen LogP contribution >= 0.6 is 0 Å². The molecule has 2 rings (SSSR count). The topological polar surface area (TPSA) is 78.5 Å². The lowest BCUT2D eigenvalue weighted by atomic mass is 9.88. The van der Waals surface area contributed by atoms with Gasteiger partial charge in [-0.05, 0) is 5.92 Å². The van der Waals surface area contributed by atoms with Gasteiger partial charge < -0.3 is 0 Å². The molecule has 2 aromatic rings. The first-order valence-corrected chi connectivity index (χ1v) is 6.19. The van der Waals surface area contributed by atoms with Crippen molar-refractivity contribution in [2.24, 2.45) is 0 Å². The number of aromatic nitrogens is 6. The van der Waals surface area contributed by atoms with E-state index in [4.69, 9.17) is 0 Å². The quantitative estimate of drug-likeness (QED) is 0.783. The van der Waals surface area contributed by atoms with Crippen molar-refractivity contribution in [3.63, 3.8) is 0 Å². The largest absolute Gasteiger partial charge is 0.372 e. The normalized spacial score (nSPS) is 12.1. The molecule has 2 heterocycles. The molecule has 0 N–H and O–H groups in total. The standard InChI is InChI=1S/C12H18N6O/c1-8(2)9-10(12(3,4)5)14-16-18(9)11(19)17-7-6-13-15-17/h6-8H,1-5H3. The maximum atomic E-state index is 12.3. The molecule has 0 aliphatic carbocycles. The summed E-state index contributed by atoms with van der Waals surface area (Å²) in [7, 11) is 0. The van der Waals surface area contributed by atoms with Crippen LogP contribution in [0.5, 0.6) is 0 Å². The fourth-order valence-corrected chi connectivity index (χ4v) is 1.89. The lowest BCUT2D eigenvalue weighted by molar-refractivity contribution is 0.236. The molecule has 19 heavy (non-hydrogen) atoms. The third-order valence-electron chi connectivity index (χ3n) is 2.76. The van der Waals surface area contributed by atoms with E-state index in [0.29, 0.717) is 0 Å². The summed E-state index contributed by atoms with van der Waals surface area (Å²) < 4.78 is 2.45. The number of carbonyl (C=O) groups is 1. The minimum atomic E-state index is -0.371. The Hall–Kier alpha value is -2.05. The van der Waals surface area contributed by atoms with Crippen molar-refractivity contribution in [3.05, 3.63) is 23.8 Å². The van der Waals surface area contributed by atoms with Crippen molar-refractivity contribution in [1.29, 1.82) is 0 Å². The van der Waals surface area contributed by atoms with E-state index in [9.17, 15) is 4.79 Å². The lowest BCUT2D eigenvalue weighted by Crippen LogP contribution is -2.25. The molecule has 7 heteroatoms. The SMILES string of the molecule is CC(C)c1c(C(C)(C)C)nnn1C(=O)n1ccnn1. The maximum Gasteiger partial charge on any atom is 0.372 e. The van der Waals surface area contributed by atoms with Gasteiger partial charge in [-0.1, -0.05) is 45.0 Å². The van der Waals surface area contributed by atoms with Crippen molar-refractivity contribution in [2.45, 2.75) is 46.0 Å². The second-order valence-electron chi connectivity index (χ2n) is 5.77. The van der Waals surface area contributed by atoms with Crippen molar-refractivity contribution in [1.82, 2.24) is 30.0 Å². The molecule has 0 fully saturated rings. The minimum Gasteiger partial charge on any atom is -0.243 e. The molecule has 0 saturated heterocycles. The van der Waals surface area contributed by atoms with Gasteiger partial charge in [-0.3, -0.25) is 0 Å². The Balaban J connectivity index is 2.53. The van der Waals surface area contributed by atoms with E-state index < -0.39 is 0 Å². The van der Waals surface area contributed by atoms with Crippen LogP contribution in [0.15, 0.2) is 12.4 Å². The Morgan fingerprint density at radius 1 is 1.26 bits per heavy atom. The molecule has 0 bridgehead atoms. The average molecular weight is 262 g/mol. The smallest absolute Gasteiger partial charge is 0.243 e. The molecule has 0 radical (unpaired) electrons. The van der Waals surface area contributed by atoms with Crippen LogP contribution in [0.25, 0.3) is 0 Å². The predicted molar refractivity (Wildman–Crippen MR) is 69.0 cm³/mol. The summed E-state index contributed by atoms with van der Waals surface area (Å²) in [6, 6.07) is -0.371. The zero-order chi connectivity index (χ0) is 14.2. The van der Waals surface area contributed by atoms with Crippen molar-refractivity contribution < 1.29 is 4.79 Å². The average Bonchev–Trinajstić information content (AvgIpc) is 2.96. The second-order valence-corrected chi connectivity index (χ2v) is 5.77. The van der Waals surface area contributed by atoms with Gasteiger partial charge in [0.1, 0.15) is 0 Å². The van der Waals surface area contributed by atoms with E-state index in [1.54, 1.807) is 0 Å².